The number of phenolic OH excluding ortho intramolecular Hbond substituents is 1. The summed E-state index contributed by atoms with van der Waals surface area (Å²) in [4.78, 5) is 9.22. The maximum absolute atomic E-state index is 9.90. The Kier molecular flexibility index (Phi) is 7.77. The summed E-state index contributed by atoms with van der Waals surface area (Å²) >= 11 is 0. The topological polar surface area (TPSA) is 142 Å². The van der Waals surface area contributed by atoms with Gasteiger partial charge in [-0.1, -0.05) is 30.3 Å². The van der Waals surface area contributed by atoms with Crippen LogP contribution in [-0.4, -0.2) is 57.5 Å². The molecule has 8 heteroatoms. The molecule has 0 aromatic heterocycles. The van der Waals surface area contributed by atoms with Crippen molar-refractivity contribution in [3.8, 4) is 22.6 Å². The van der Waals surface area contributed by atoms with Crippen molar-refractivity contribution in [2.75, 3.05) is 6.61 Å². The number of carbonyl (C=O) groups excluding carboxylic acids is 1. The lowest BCUT2D eigenvalue weighted by Gasteiger charge is -2.36. The Morgan fingerprint density at radius 3 is 2.54 bits per heavy atom. The van der Waals surface area contributed by atoms with E-state index < -0.39 is 31.2 Å². The predicted octanol–water partition coefficient (Wildman–Crippen LogP) is 0.759. The maximum Gasteiger partial charge on any atom is 0.214 e. The van der Waals surface area contributed by atoms with Gasteiger partial charge in [0, 0.05) is 18.9 Å². The van der Waals surface area contributed by atoms with Crippen LogP contribution in [0.4, 0.5) is 0 Å². The van der Waals surface area contributed by atoms with E-state index in [9.17, 15) is 25.2 Å². The third-order valence-corrected chi connectivity index (χ3v) is 4.02. The number of primary amides is 1. The third kappa shape index (κ3) is 5.93. The van der Waals surface area contributed by atoms with Gasteiger partial charge in [0.2, 0.25) is 12.2 Å². The van der Waals surface area contributed by atoms with Crippen molar-refractivity contribution in [1.82, 2.24) is 0 Å². The van der Waals surface area contributed by atoms with Crippen LogP contribution in [0.5, 0.6) is 11.5 Å². The Morgan fingerprint density at radius 1 is 1.21 bits per heavy atom. The number of amides is 1. The highest BCUT2D eigenvalue weighted by Crippen LogP contribution is 2.33. The lowest BCUT2D eigenvalue weighted by Crippen LogP contribution is -2.51. The molecule has 4 unspecified atom stereocenters. The zero-order valence-corrected chi connectivity index (χ0v) is 15.4. The van der Waals surface area contributed by atoms with Crippen LogP contribution in [0, 0.1) is 0 Å². The molecule has 0 aliphatic carbocycles. The normalized spacial score (nSPS) is 24.0. The van der Waals surface area contributed by atoms with E-state index in [4.69, 9.17) is 9.47 Å². The molecular weight excluding hydrogens is 366 g/mol. The Morgan fingerprint density at radius 2 is 1.89 bits per heavy atom. The SMILES string of the molecule is CC(N)=O.OCC1OC(Oc2ccccc2-c2cccc(O)c2)CC(O)C1O. The van der Waals surface area contributed by atoms with Gasteiger partial charge in [-0.2, -0.15) is 0 Å². The van der Waals surface area contributed by atoms with E-state index in [1.807, 2.05) is 18.2 Å². The second-order valence-electron chi connectivity index (χ2n) is 6.36. The zero-order valence-electron chi connectivity index (χ0n) is 15.4. The van der Waals surface area contributed by atoms with Crippen LogP contribution in [0.2, 0.25) is 0 Å². The Balaban J connectivity index is 0.000000640. The number of rotatable bonds is 4. The second-order valence-corrected chi connectivity index (χ2v) is 6.36. The van der Waals surface area contributed by atoms with Gasteiger partial charge < -0.3 is 35.6 Å². The van der Waals surface area contributed by atoms with Gasteiger partial charge in [0.1, 0.15) is 23.7 Å². The maximum atomic E-state index is 9.90. The van der Waals surface area contributed by atoms with E-state index in [2.05, 4.69) is 5.73 Å². The van der Waals surface area contributed by atoms with Crippen molar-refractivity contribution in [1.29, 1.82) is 0 Å². The van der Waals surface area contributed by atoms with E-state index in [0.717, 1.165) is 11.1 Å². The summed E-state index contributed by atoms with van der Waals surface area (Å²) in [6.07, 6.45) is -3.78. The first-order chi connectivity index (χ1) is 13.3. The summed E-state index contributed by atoms with van der Waals surface area (Å²) in [5.74, 6) is 0.337. The number of aromatic hydroxyl groups is 1. The van der Waals surface area contributed by atoms with Crippen molar-refractivity contribution < 1.29 is 34.7 Å². The van der Waals surface area contributed by atoms with Gasteiger partial charge in [0.05, 0.1) is 12.7 Å². The van der Waals surface area contributed by atoms with E-state index >= 15 is 0 Å². The van der Waals surface area contributed by atoms with Crippen molar-refractivity contribution in [2.45, 2.75) is 37.9 Å². The van der Waals surface area contributed by atoms with Gasteiger partial charge >= 0.3 is 0 Å². The lowest BCUT2D eigenvalue weighted by molar-refractivity contribution is -0.229. The number of phenols is 1. The van der Waals surface area contributed by atoms with Crippen LogP contribution < -0.4 is 10.5 Å². The number of ether oxygens (including phenoxy) is 2. The fraction of sp³-hybridized carbons (Fsp3) is 0.350. The minimum absolute atomic E-state index is 0.0893. The van der Waals surface area contributed by atoms with Crippen LogP contribution >= 0.6 is 0 Å². The Hall–Kier alpha value is -2.65. The fourth-order valence-corrected chi connectivity index (χ4v) is 2.77. The van der Waals surface area contributed by atoms with E-state index in [1.54, 1.807) is 30.3 Å². The number of nitrogens with two attached hydrogens (primary N) is 1. The van der Waals surface area contributed by atoms with E-state index in [1.165, 1.54) is 6.92 Å². The number of aliphatic hydroxyl groups is 3. The van der Waals surface area contributed by atoms with Crippen molar-refractivity contribution in [3.05, 3.63) is 48.5 Å². The summed E-state index contributed by atoms with van der Waals surface area (Å²) in [5, 5.41) is 38.6. The number of hydrogen-bond donors (Lipinski definition) is 5. The number of hydrogen-bond acceptors (Lipinski definition) is 7. The van der Waals surface area contributed by atoms with Crippen LogP contribution in [0.1, 0.15) is 13.3 Å². The molecule has 1 fully saturated rings. The van der Waals surface area contributed by atoms with Crippen LogP contribution in [-0.2, 0) is 9.53 Å². The Bertz CT molecular complexity index is 779. The average Bonchev–Trinajstić information content (AvgIpc) is 2.64. The highest BCUT2D eigenvalue weighted by Gasteiger charge is 2.37. The first-order valence-corrected chi connectivity index (χ1v) is 8.75. The van der Waals surface area contributed by atoms with Crippen LogP contribution in [0.15, 0.2) is 48.5 Å². The lowest BCUT2D eigenvalue weighted by atomic mass is 10.0. The molecule has 0 bridgehead atoms. The summed E-state index contributed by atoms with van der Waals surface area (Å²) in [6.45, 7) is 0.895. The van der Waals surface area contributed by atoms with Gasteiger partial charge in [0.15, 0.2) is 0 Å². The monoisotopic (exact) mass is 391 g/mol. The molecule has 1 heterocycles. The highest BCUT2D eigenvalue weighted by molar-refractivity contribution is 5.71. The molecule has 3 rings (SSSR count). The first-order valence-electron chi connectivity index (χ1n) is 8.75. The molecule has 1 amide bonds. The molecule has 1 saturated heterocycles. The fourth-order valence-electron chi connectivity index (χ4n) is 2.77. The van der Waals surface area contributed by atoms with Gasteiger partial charge in [-0.05, 0) is 23.8 Å². The third-order valence-electron chi connectivity index (χ3n) is 4.02. The smallest absolute Gasteiger partial charge is 0.214 e. The predicted molar refractivity (Wildman–Crippen MR) is 101 cm³/mol. The number of carbonyl (C=O) groups is 1. The summed E-state index contributed by atoms with van der Waals surface area (Å²) in [5.41, 5.74) is 6.01. The van der Waals surface area contributed by atoms with Crippen molar-refractivity contribution >= 4 is 5.91 Å². The molecule has 152 valence electrons. The number of para-hydroxylation sites is 1. The zero-order chi connectivity index (χ0) is 20.7. The second kappa shape index (κ2) is 10.0. The molecule has 28 heavy (non-hydrogen) atoms. The summed E-state index contributed by atoms with van der Waals surface area (Å²) < 4.78 is 11.4. The summed E-state index contributed by atoms with van der Waals surface area (Å²) in [6, 6.07) is 14.1. The van der Waals surface area contributed by atoms with Crippen molar-refractivity contribution in [3.63, 3.8) is 0 Å². The molecule has 2 aromatic rings. The van der Waals surface area contributed by atoms with Crippen LogP contribution in [0.25, 0.3) is 11.1 Å². The van der Waals surface area contributed by atoms with Crippen molar-refractivity contribution in [2.24, 2.45) is 5.73 Å². The molecule has 0 spiro atoms. The van der Waals surface area contributed by atoms with E-state index in [-0.39, 0.29) is 18.1 Å². The van der Waals surface area contributed by atoms with Gasteiger partial charge in [0.25, 0.3) is 0 Å². The standard InChI is InChI=1S/C18H20O6.C2H5NO/c19-10-16-18(22)14(21)9-17(24-16)23-15-7-2-1-6-13(15)11-4-3-5-12(20)8-11;1-2(3)4/h1-8,14,16-22H,9-10H2;1H3,(H2,3,4). The molecule has 0 radical (unpaired) electrons. The largest absolute Gasteiger partial charge is 0.508 e. The van der Waals surface area contributed by atoms with E-state index in [0.29, 0.717) is 5.75 Å². The molecule has 8 nitrogen and oxygen atoms in total. The highest BCUT2D eigenvalue weighted by atomic mass is 16.7. The van der Waals surface area contributed by atoms with Gasteiger partial charge in [-0.15, -0.1) is 0 Å². The molecule has 6 N–H and O–H groups in total. The van der Waals surface area contributed by atoms with Gasteiger partial charge in [-0.3, -0.25) is 4.79 Å². The molecule has 1 aliphatic rings. The average molecular weight is 391 g/mol. The molecule has 1 aliphatic heterocycles. The first kappa shape index (κ1) is 21.6. The quantitative estimate of drug-likeness (QED) is 0.518. The summed E-state index contributed by atoms with van der Waals surface area (Å²) in [7, 11) is 0. The number of benzene rings is 2. The van der Waals surface area contributed by atoms with Crippen LogP contribution in [0.3, 0.4) is 0 Å². The van der Waals surface area contributed by atoms with Gasteiger partial charge in [-0.25, -0.2) is 0 Å². The molecule has 0 saturated carbocycles. The minimum atomic E-state index is -1.14. The molecular formula is C20H25NO7. The molecule has 2 aromatic carbocycles. The Labute approximate surface area is 162 Å². The molecule has 4 atom stereocenters. The minimum Gasteiger partial charge on any atom is -0.508 e. The number of aliphatic hydroxyl groups excluding tert-OH is 3.